The Bertz CT molecular complexity index is 461. The van der Waals surface area contributed by atoms with Crippen molar-refractivity contribution < 1.29 is 14.3 Å². The number of methoxy groups -OCH3 is 1. The number of rotatable bonds is 4. The van der Waals surface area contributed by atoms with E-state index >= 15 is 0 Å². The van der Waals surface area contributed by atoms with Crippen molar-refractivity contribution in [3.05, 3.63) is 22.4 Å². The van der Waals surface area contributed by atoms with Crippen molar-refractivity contribution in [1.82, 2.24) is 4.90 Å². The molecule has 2 N–H and O–H groups in total. The van der Waals surface area contributed by atoms with Gasteiger partial charge in [-0.3, -0.25) is 9.59 Å². The molecule has 6 heteroatoms. The molecule has 1 aliphatic heterocycles. The molecule has 2 unspecified atom stereocenters. The largest absolute Gasteiger partial charge is 0.469 e. The van der Waals surface area contributed by atoms with Crippen LogP contribution in [0.5, 0.6) is 0 Å². The molecule has 1 amide bonds. The van der Waals surface area contributed by atoms with Gasteiger partial charge in [0.25, 0.3) is 0 Å². The maximum atomic E-state index is 12.5. The van der Waals surface area contributed by atoms with Crippen molar-refractivity contribution in [3.63, 3.8) is 0 Å². The van der Waals surface area contributed by atoms with E-state index in [4.69, 9.17) is 10.5 Å². The SMILES string of the molecule is COC(=O)CC1CCCCN1C(=O)C(N)c1cccs1. The number of ether oxygens (including phenoxy) is 1. The van der Waals surface area contributed by atoms with Crippen molar-refractivity contribution in [1.29, 1.82) is 0 Å². The molecule has 110 valence electrons. The summed E-state index contributed by atoms with van der Waals surface area (Å²) >= 11 is 1.48. The number of amides is 1. The lowest BCUT2D eigenvalue weighted by Gasteiger charge is -2.36. The Labute approximate surface area is 122 Å². The number of nitrogens with zero attached hydrogens (tertiary/aromatic N) is 1. The average Bonchev–Trinajstić information content (AvgIpc) is 3.00. The molecule has 1 aromatic heterocycles. The topological polar surface area (TPSA) is 72.6 Å². The minimum atomic E-state index is -0.631. The van der Waals surface area contributed by atoms with Crippen molar-refractivity contribution in [3.8, 4) is 0 Å². The smallest absolute Gasteiger partial charge is 0.307 e. The van der Waals surface area contributed by atoms with E-state index in [1.165, 1.54) is 18.4 Å². The average molecular weight is 296 g/mol. The van der Waals surface area contributed by atoms with Crippen LogP contribution in [0.25, 0.3) is 0 Å². The molecular formula is C14H20N2O3S. The van der Waals surface area contributed by atoms with Gasteiger partial charge in [-0.2, -0.15) is 0 Å². The van der Waals surface area contributed by atoms with E-state index in [1.807, 2.05) is 17.5 Å². The number of likely N-dealkylation sites (tertiary alicyclic amines) is 1. The Morgan fingerprint density at radius 1 is 1.55 bits per heavy atom. The summed E-state index contributed by atoms with van der Waals surface area (Å²) in [6, 6.07) is 3.03. The third kappa shape index (κ3) is 3.37. The van der Waals surface area contributed by atoms with Gasteiger partial charge in [-0.15, -0.1) is 11.3 Å². The van der Waals surface area contributed by atoms with Gasteiger partial charge in [-0.1, -0.05) is 6.07 Å². The lowest BCUT2D eigenvalue weighted by Crippen LogP contribution is -2.48. The van der Waals surface area contributed by atoms with Crippen molar-refractivity contribution in [2.45, 2.75) is 37.8 Å². The fourth-order valence-electron chi connectivity index (χ4n) is 2.55. The quantitative estimate of drug-likeness (QED) is 0.858. The molecule has 1 fully saturated rings. The first kappa shape index (κ1) is 15.0. The fraction of sp³-hybridized carbons (Fsp3) is 0.571. The maximum Gasteiger partial charge on any atom is 0.307 e. The van der Waals surface area contributed by atoms with Gasteiger partial charge >= 0.3 is 5.97 Å². The van der Waals surface area contributed by atoms with Crippen LogP contribution in [0.3, 0.4) is 0 Å². The minimum absolute atomic E-state index is 0.0882. The van der Waals surface area contributed by atoms with Crippen LogP contribution in [0.2, 0.25) is 0 Å². The van der Waals surface area contributed by atoms with Crippen LogP contribution in [-0.4, -0.2) is 36.5 Å². The molecule has 1 saturated heterocycles. The zero-order valence-electron chi connectivity index (χ0n) is 11.6. The standard InChI is InChI=1S/C14H20N2O3S/c1-19-12(17)9-10-5-2-3-7-16(10)14(18)13(15)11-6-4-8-20-11/h4,6,8,10,13H,2-3,5,7,9,15H2,1H3. The molecule has 0 radical (unpaired) electrons. The van der Waals surface area contributed by atoms with E-state index in [1.54, 1.807) is 4.90 Å². The molecule has 0 spiro atoms. The normalized spacial score (nSPS) is 20.5. The lowest BCUT2D eigenvalue weighted by molar-refractivity contribution is -0.145. The predicted octanol–water partition coefficient (Wildman–Crippen LogP) is 1.69. The van der Waals surface area contributed by atoms with E-state index in [2.05, 4.69) is 0 Å². The van der Waals surface area contributed by atoms with Crippen LogP contribution < -0.4 is 5.73 Å². The Kier molecular flexibility index (Phi) is 5.14. The van der Waals surface area contributed by atoms with Gasteiger partial charge in [0.1, 0.15) is 6.04 Å². The molecule has 0 bridgehead atoms. The molecule has 1 aliphatic rings. The molecular weight excluding hydrogens is 276 g/mol. The second-order valence-corrected chi connectivity index (χ2v) is 5.93. The van der Waals surface area contributed by atoms with Crippen LogP contribution in [-0.2, 0) is 14.3 Å². The van der Waals surface area contributed by atoms with Gasteiger partial charge in [0.2, 0.25) is 5.91 Å². The number of carbonyl (C=O) groups excluding carboxylic acids is 2. The van der Waals surface area contributed by atoms with Crippen molar-refractivity contribution >= 4 is 23.2 Å². The van der Waals surface area contributed by atoms with Gasteiger partial charge in [-0.25, -0.2) is 0 Å². The van der Waals surface area contributed by atoms with Gasteiger partial charge in [0, 0.05) is 17.5 Å². The number of carbonyl (C=O) groups is 2. The molecule has 2 heterocycles. The maximum absolute atomic E-state index is 12.5. The van der Waals surface area contributed by atoms with Crippen LogP contribution >= 0.6 is 11.3 Å². The van der Waals surface area contributed by atoms with E-state index in [9.17, 15) is 9.59 Å². The van der Waals surface area contributed by atoms with E-state index in [0.29, 0.717) is 6.54 Å². The fourth-order valence-corrected chi connectivity index (χ4v) is 3.27. The highest BCUT2D eigenvalue weighted by Crippen LogP contribution is 2.25. The Balaban J connectivity index is 2.07. The third-order valence-electron chi connectivity index (χ3n) is 3.66. The van der Waals surface area contributed by atoms with Crippen LogP contribution in [0.1, 0.15) is 36.6 Å². The zero-order valence-corrected chi connectivity index (χ0v) is 12.4. The number of nitrogens with two attached hydrogens (primary N) is 1. The summed E-state index contributed by atoms with van der Waals surface area (Å²) in [6.45, 7) is 0.666. The Hall–Kier alpha value is -1.40. The van der Waals surface area contributed by atoms with Crippen molar-refractivity contribution in [2.24, 2.45) is 5.73 Å². The molecule has 2 rings (SSSR count). The van der Waals surface area contributed by atoms with Crippen LogP contribution in [0, 0.1) is 0 Å². The molecule has 0 aromatic carbocycles. The predicted molar refractivity (Wildman–Crippen MR) is 77.2 cm³/mol. The summed E-state index contributed by atoms with van der Waals surface area (Å²) in [4.78, 5) is 26.6. The lowest BCUT2D eigenvalue weighted by atomic mass is 9.98. The summed E-state index contributed by atoms with van der Waals surface area (Å²) in [5.41, 5.74) is 6.04. The highest BCUT2D eigenvalue weighted by molar-refractivity contribution is 7.10. The Morgan fingerprint density at radius 3 is 3.00 bits per heavy atom. The molecule has 5 nitrogen and oxygen atoms in total. The first-order chi connectivity index (χ1) is 9.63. The van der Waals surface area contributed by atoms with Crippen molar-refractivity contribution in [2.75, 3.05) is 13.7 Å². The molecule has 20 heavy (non-hydrogen) atoms. The third-order valence-corrected chi connectivity index (χ3v) is 4.61. The van der Waals surface area contributed by atoms with Crippen LogP contribution in [0.15, 0.2) is 17.5 Å². The summed E-state index contributed by atoms with van der Waals surface area (Å²) in [5, 5.41) is 1.91. The second-order valence-electron chi connectivity index (χ2n) is 4.95. The zero-order chi connectivity index (χ0) is 14.5. The summed E-state index contributed by atoms with van der Waals surface area (Å²) < 4.78 is 4.71. The second kappa shape index (κ2) is 6.85. The van der Waals surface area contributed by atoms with Crippen LogP contribution in [0.4, 0.5) is 0 Å². The molecule has 2 atom stereocenters. The van der Waals surface area contributed by atoms with E-state index in [0.717, 1.165) is 24.1 Å². The van der Waals surface area contributed by atoms with E-state index in [-0.39, 0.29) is 24.3 Å². The minimum Gasteiger partial charge on any atom is -0.469 e. The molecule has 0 aliphatic carbocycles. The summed E-state index contributed by atoms with van der Waals surface area (Å²) in [7, 11) is 1.37. The summed E-state index contributed by atoms with van der Waals surface area (Å²) in [5.74, 6) is -0.375. The highest BCUT2D eigenvalue weighted by Gasteiger charge is 2.32. The number of esters is 1. The first-order valence-corrected chi connectivity index (χ1v) is 7.67. The van der Waals surface area contributed by atoms with Gasteiger partial charge in [-0.05, 0) is 30.7 Å². The van der Waals surface area contributed by atoms with Gasteiger partial charge in [0.15, 0.2) is 0 Å². The molecule has 1 aromatic rings. The number of piperidine rings is 1. The first-order valence-electron chi connectivity index (χ1n) is 6.79. The molecule has 0 saturated carbocycles. The van der Waals surface area contributed by atoms with Gasteiger partial charge in [0.05, 0.1) is 13.5 Å². The van der Waals surface area contributed by atoms with E-state index < -0.39 is 6.04 Å². The highest BCUT2D eigenvalue weighted by atomic mass is 32.1. The summed E-state index contributed by atoms with van der Waals surface area (Å²) in [6.07, 6.45) is 3.07. The number of hydrogen-bond acceptors (Lipinski definition) is 5. The number of hydrogen-bond donors (Lipinski definition) is 1. The monoisotopic (exact) mass is 296 g/mol. The van der Waals surface area contributed by atoms with Gasteiger partial charge < -0.3 is 15.4 Å². The number of thiophene rings is 1. The Morgan fingerprint density at radius 2 is 2.35 bits per heavy atom.